The van der Waals surface area contributed by atoms with Gasteiger partial charge in [0.1, 0.15) is 11.5 Å². The van der Waals surface area contributed by atoms with Crippen LogP contribution in [0.2, 0.25) is 0 Å². The van der Waals surface area contributed by atoms with E-state index in [1.807, 2.05) is 30.3 Å². The molecule has 2 aromatic rings. The average molecular weight is 286 g/mol. The van der Waals surface area contributed by atoms with Crippen LogP contribution < -0.4 is 4.74 Å². The highest BCUT2D eigenvalue weighted by Crippen LogP contribution is 2.23. The number of halogens is 1. The molecule has 0 heterocycles. The van der Waals surface area contributed by atoms with Crippen LogP contribution in [0.5, 0.6) is 11.5 Å². The zero-order chi connectivity index (χ0) is 15.1. The van der Waals surface area contributed by atoms with E-state index in [0.717, 1.165) is 6.08 Å². The Kier molecular flexibility index (Phi) is 5.10. The third-order valence-electron chi connectivity index (χ3n) is 2.60. The average Bonchev–Trinajstić information content (AvgIpc) is 2.49. The highest BCUT2D eigenvalue weighted by molar-refractivity contribution is 5.91. The van der Waals surface area contributed by atoms with Crippen LogP contribution in [0.15, 0.2) is 60.4 Å². The van der Waals surface area contributed by atoms with E-state index in [9.17, 15) is 9.18 Å². The molecule has 3 nitrogen and oxygen atoms in total. The van der Waals surface area contributed by atoms with Crippen molar-refractivity contribution in [2.75, 3.05) is 6.61 Å². The van der Waals surface area contributed by atoms with E-state index in [1.165, 1.54) is 0 Å². The molecule has 0 radical (unpaired) electrons. The summed E-state index contributed by atoms with van der Waals surface area (Å²) in [4.78, 5) is 11.2. The Morgan fingerprint density at radius 1 is 1.10 bits per heavy atom. The maximum Gasteiger partial charge on any atom is 0.367 e. The van der Waals surface area contributed by atoms with Gasteiger partial charge < -0.3 is 9.47 Å². The van der Waals surface area contributed by atoms with E-state index in [4.69, 9.17) is 4.74 Å². The summed E-state index contributed by atoms with van der Waals surface area (Å²) in [5.41, 5.74) is 0.522. The lowest BCUT2D eigenvalue weighted by molar-refractivity contribution is -0.140. The molecule has 0 unspecified atom stereocenters. The zero-order valence-electron chi connectivity index (χ0n) is 11.6. The highest BCUT2D eigenvalue weighted by atomic mass is 19.1. The number of carbonyl (C=O) groups excluding carboxylic acids is 1. The maximum atomic E-state index is 13.6. The largest absolute Gasteiger partial charge is 0.461 e. The first-order chi connectivity index (χ1) is 10.2. The van der Waals surface area contributed by atoms with E-state index in [2.05, 4.69) is 4.74 Å². The Bertz CT molecular complexity index is 635. The normalized spacial score (nSPS) is 11.0. The molecular formula is C17H15FO3. The predicted molar refractivity (Wildman–Crippen MR) is 78.7 cm³/mol. The summed E-state index contributed by atoms with van der Waals surface area (Å²) in [6, 6.07) is 16.1. The van der Waals surface area contributed by atoms with Crippen LogP contribution in [0.1, 0.15) is 12.5 Å². The second kappa shape index (κ2) is 7.24. The van der Waals surface area contributed by atoms with Crippen molar-refractivity contribution < 1.29 is 18.7 Å². The Balaban J connectivity index is 2.14. The van der Waals surface area contributed by atoms with Gasteiger partial charge in [-0.2, -0.15) is 4.39 Å². The van der Waals surface area contributed by atoms with Crippen LogP contribution in [0, 0.1) is 0 Å². The summed E-state index contributed by atoms with van der Waals surface area (Å²) in [5, 5.41) is 0. The quantitative estimate of drug-likeness (QED) is 0.605. The molecule has 0 N–H and O–H groups in total. The van der Waals surface area contributed by atoms with Crippen LogP contribution >= 0.6 is 0 Å². The molecule has 4 heteroatoms. The van der Waals surface area contributed by atoms with E-state index >= 15 is 0 Å². The number of ether oxygens (including phenoxy) is 2. The van der Waals surface area contributed by atoms with Crippen LogP contribution in [0.4, 0.5) is 4.39 Å². The molecule has 0 amide bonds. The van der Waals surface area contributed by atoms with Crippen molar-refractivity contribution in [3.8, 4) is 11.5 Å². The summed E-state index contributed by atoms with van der Waals surface area (Å²) in [6.45, 7) is 1.76. The minimum Gasteiger partial charge on any atom is -0.461 e. The van der Waals surface area contributed by atoms with Gasteiger partial charge >= 0.3 is 5.97 Å². The molecular weight excluding hydrogens is 271 g/mol. The van der Waals surface area contributed by atoms with E-state index in [0.29, 0.717) is 17.1 Å². The van der Waals surface area contributed by atoms with Crippen LogP contribution in [0.25, 0.3) is 6.08 Å². The van der Waals surface area contributed by atoms with Crippen LogP contribution in [0.3, 0.4) is 0 Å². The van der Waals surface area contributed by atoms with E-state index < -0.39 is 11.8 Å². The van der Waals surface area contributed by atoms with Gasteiger partial charge in [0.25, 0.3) is 0 Å². The Morgan fingerprint density at radius 3 is 2.52 bits per heavy atom. The molecule has 0 saturated carbocycles. The van der Waals surface area contributed by atoms with E-state index in [1.54, 1.807) is 31.2 Å². The van der Waals surface area contributed by atoms with Gasteiger partial charge in [0.2, 0.25) is 5.83 Å². The Morgan fingerprint density at radius 2 is 1.81 bits per heavy atom. The molecule has 108 valence electrons. The number of esters is 1. The summed E-state index contributed by atoms with van der Waals surface area (Å²) < 4.78 is 23.8. The molecule has 0 atom stereocenters. The summed E-state index contributed by atoms with van der Waals surface area (Å²) in [5.74, 6) is -0.656. The molecule has 2 aromatic carbocycles. The smallest absolute Gasteiger partial charge is 0.367 e. The number of para-hydroxylation sites is 1. The lowest BCUT2D eigenvalue weighted by atomic mass is 10.2. The summed E-state index contributed by atoms with van der Waals surface area (Å²) >= 11 is 0. The number of carbonyl (C=O) groups is 1. The van der Waals surface area contributed by atoms with Gasteiger partial charge in [-0.3, -0.25) is 0 Å². The third-order valence-corrected chi connectivity index (χ3v) is 2.60. The standard InChI is InChI=1S/C17H15FO3/c1-2-20-17(19)16(18)12-13-7-6-10-15(11-13)21-14-8-4-3-5-9-14/h3-12H,2H2,1H3/b16-12-. The second-order valence-corrected chi connectivity index (χ2v) is 4.20. The van der Waals surface area contributed by atoms with Crippen molar-refractivity contribution >= 4 is 12.0 Å². The topological polar surface area (TPSA) is 35.5 Å². The molecule has 0 aromatic heterocycles. The van der Waals surface area contributed by atoms with Crippen LogP contribution in [-0.2, 0) is 9.53 Å². The van der Waals surface area contributed by atoms with Gasteiger partial charge in [-0.15, -0.1) is 0 Å². The first-order valence-electron chi connectivity index (χ1n) is 6.56. The molecule has 0 fully saturated rings. The van der Waals surface area contributed by atoms with Crippen molar-refractivity contribution in [1.82, 2.24) is 0 Å². The molecule has 2 rings (SSSR count). The lowest BCUT2D eigenvalue weighted by Crippen LogP contribution is -2.03. The number of rotatable bonds is 5. The molecule has 0 aliphatic carbocycles. The van der Waals surface area contributed by atoms with Crippen molar-refractivity contribution in [2.45, 2.75) is 6.92 Å². The molecule has 0 aliphatic heterocycles. The SMILES string of the molecule is CCOC(=O)/C(F)=C/c1cccc(Oc2ccccc2)c1. The highest BCUT2D eigenvalue weighted by Gasteiger charge is 2.09. The molecule has 0 bridgehead atoms. The number of benzene rings is 2. The maximum absolute atomic E-state index is 13.6. The Hall–Kier alpha value is -2.62. The van der Waals surface area contributed by atoms with Gasteiger partial charge in [-0.1, -0.05) is 30.3 Å². The first kappa shape index (κ1) is 14.8. The van der Waals surface area contributed by atoms with Gasteiger partial charge in [-0.05, 0) is 42.8 Å². The van der Waals surface area contributed by atoms with Crippen molar-refractivity contribution in [3.05, 3.63) is 66.0 Å². The fourth-order valence-electron chi connectivity index (χ4n) is 1.70. The molecule has 0 saturated heterocycles. The fourth-order valence-corrected chi connectivity index (χ4v) is 1.70. The fraction of sp³-hybridized carbons (Fsp3) is 0.118. The second-order valence-electron chi connectivity index (χ2n) is 4.20. The number of hydrogen-bond donors (Lipinski definition) is 0. The van der Waals surface area contributed by atoms with Crippen LogP contribution in [-0.4, -0.2) is 12.6 Å². The third kappa shape index (κ3) is 4.45. The minimum atomic E-state index is -0.966. The van der Waals surface area contributed by atoms with Crippen molar-refractivity contribution in [1.29, 1.82) is 0 Å². The zero-order valence-corrected chi connectivity index (χ0v) is 11.6. The molecule has 21 heavy (non-hydrogen) atoms. The van der Waals surface area contributed by atoms with Gasteiger partial charge in [0.05, 0.1) is 6.61 Å². The first-order valence-corrected chi connectivity index (χ1v) is 6.56. The molecule has 0 aliphatic rings. The summed E-state index contributed by atoms with van der Waals surface area (Å²) in [6.07, 6.45) is 1.12. The minimum absolute atomic E-state index is 0.136. The van der Waals surface area contributed by atoms with Crippen molar-refractivity contribution in [2.24, 2.45) is 0 Å². The van der Waals surface area contributed by atoms with Gasteiger partial charge in [0, 0.05) is 0 Å². The monoisotopic (exact) mass is 286 g/mol. The van der Waals surface area contributed by atoms with Gasteiger partial charge in [0.15, 0.2) is 0 Å². The lowest BCUT2D eigenvalue weighted by Gasteiger charge is -2.06. The Labute approximate surface area is 122 Å². The van der Waals surface area contributed by atoms with Crippen molar-refractivity contribution in [3.63, 3.8) is 0 Å². The predicted octanol–water partition coefficient (Wildman–Crippen LogP) is 4.35. The van der Waals surface area contributed by atoms with Gasteiger partial charge in [-0.25, -0.2) is 4.79 Å². The number of hydrogen-bond acceptors (Lipinski definition) is 3. The summed E-state index contributed by atoms with van der Waals surface area (Å²) in [7, 11) is 0. The van der Waals surface area contributed by atoms with E-state index in [-0.39, 0.29) is 6.61 Å². The molecule has 0 spiro atoms.